The third kappa shape index (κ3) is 2.05. The molecule has 18 heavy (non-hydrogen) atoms. The molecule has 3 heterocycles. The van der Waals surface area contributed by atoms with E-state index in [1.165, 1.54) is 0 Å². The molecule has 0 aromatic carbocycles. The van der Waals surface area contributed by atoms with Crippen molar-refractivity contribution in [2.45, 2.75) is 6.04 Å². The summed E-state index contributed by atoms with van der Waals surface area (Å²) in [6.07, 6.45) is 3.45. The van der Waals surface area contributed by atoms with E-state index in [0.29, 0.717) is 11.6 Å². The van der Waals surface area contributed by atoms with Crippen molar-refractivity contribution in [1.82, 2.24) is 9.88 Å². The first-order chi connectivity index (χ1) is 8.88. The van der Waals surface area contributed by atoms with Gasteiger partial charge in [-0.2, -0.15) is 5.26 Å². The van der Waals surface area contributed by atoms with Gasteiger partial charge in [0.2, 0.25) is 0 Å². The fraction of sp³-hybridized carbons (Fsp3) is 0.538. The molecule has 2 saturated heterocycles. The van der Waals surface area contributed by atoms with Crippen LogP contribution in [-0.2, 0) is 4.74 Å². The Balaban J connectivity index is 1.63. The van der Waals surface area contributed by atoms with Crippen molar-refractivity contribution in [3.63, 3.8) is 0 Å². The largest absolute Gasteiger partial charge is 0.379 e. The molecule has 94 valence electrons. The maximum atomic E-state index is 9.07. The average Bonchev–Trinajstić information content (AvgIpc) is 2.39. The van der Waals surface area contributed by atoms with Crippen LogP contribution < -0.4 is 4.90 Å². The average molecular weight is 244 g/mol. The number of pyridine rings is 1. The molecule has 0 radical (unpaired) electrons. The van der Waals surface area contributed by atoms with E-state index < -0.39 is 0 Å². The number of nitriles is 1. The maximum absolute atomic E-state index is 9.07. The highest BCUT2D eigenvalue weighted by Gasteiger charge is 2.33. The second-order valence-electron chi connectivity index (χ2n) is 4.71. The van der Waals surface area contributed by atoms with E-state index in [0.717, 1.165) is 45.1 Å². The minimum Gasteiger partial charge on any atom is -0.379 e. The quantitative estimate of drug-likeness (QED) is 0.757. The van der Waals surface area contributed by atoms with Crippen molar-refractivity contribution in [1.29, 1.82) is 5.26 Å². The first-order valence-electron chi connectivity index (χ1n) is 6.29. The number of morpholine rings is 1. The lowest BCUT2D eigenvalue weighted by Crippen LogP contribution is -2.61. The molecule has 2 fully saturated rings. The normalized spacial score (nSPS) is 21.4. The molecule has 1 aromatic rings. The predicted octanol–water partition coefficient (Wildman–Crippen LogP) is 0.474. The molecule has 0 saturated carbocycles. The number of ether oxygens (including phenoxy) is 1. The lowest BCUT2D eigenvalue weighted by atomic mass is 10.0. The van der Waals surface area contributed by atoms with Gasteiger partial charge < -0.3 is 9.64 Å². The number of anilines is 1. The zero-order valence-electron chi connectivity index (χ0n) is 10.2. The van der Waals surface area contributed by atoms with Crippen LogP contribution in [0.1, 0.15) is 5.56 Å². The van der Waals surface area contributed by atoms with Crippen molar-refractivity contribution in [3.8, 4) is 6.07 Å². The molecular formula is C13H16N4O. The van der Waals surface area contributed by atoms with Crippen LogP contribution in [0.4, 0.5) is 5.69 Å². The molecule has 2 aliphatic rings. The Kier molecular flexibility index (Phi) is 3.13. The van der Waals surface area contributed by atoms with Crippen molar-refractivity contribution < 1.29 is 4.74 Å². The monoisotopic (exact) mass is 244 g/mol. The smallest absolute Gasteiger partial charge is 0.101 e. The summed E-state index contributed by atoms with van der Waals surface area (Å²) in [5.74, 6) is 0. The maximum Gasteiger partial charge on any atom is 0.101 e. The summed E-state index contributed by atoms with van der Waals surface area (Å²) in [4.78, 5) is 8.81. The lowest BCUT2D eigenvalue weighted by molar-refractivity contribution is 0.0105. The molecule has 0 aliphatic carbocycles. The van der Waals surface area contributed by atoms with Gasteiger partial charge in [-0.15, -0.1) is 0 Å². The minimum atomic E-state index is 0.598. The van der Waals surface area contributed by atoms with Crippen molar-refractivity contribution >= 4 is 5.69 Å². The Morgan fingerprint density at radius 2 is 2.11 bits per heavy atom. The highest BCUT2D eigenvalue weighted by atomic mass is 16.5. The Morgan fingerprint density at radius 1 is 1.33 bits per heavy atom. The van der Waals surface area contributed by atoms with Gasteiger partial charge in [-0.05, 0) is 6.07 Å². The van der Waals surface area contributed by atoms with Gasteiger partial charge in [0.1, 0.15) is 6.07 Å². The third-order valence-electron chi connectivity index (χ3n) is 3.69. The van der Waals surface area contributed by atoms with Gasteiger partial charge in [0.25, 0.3) is 0 Å². The topological polar surface area (TPSA) is 52.4 Å². The van der Waals surface area contributed by atoms with Gasteiger partial charge in [-0.1, -0.05) is 0 Å². The fourth-order valence-electron chi connectivity index (χ4n) is 2.56. The number of hydrogen-bond donors (Lipinski definition) is 0. The summed E-state index contributed by atoms with van der Waals surface area (Å²) in [6, 6.07) is 4.60. The first-order valence-corrected chi connectivity index (χ1v) is 6.29. The Labute approximate surface area is 107 Å². The molecule has 3 rings (SSSR count). The SMILES string of the molecule is N#Cc1ccncc1N1CC(N2CCOCC2)C1. The molecule has 0 N–H and O–H groups in total. The molecular weight excluding hydrogens is 228 g/mol. The molecule has 2 aliphatic heterocycles. The lowest BCUT2D eigenvalue weighted by Gasteiger charge is -2.47. The van der Waals surface area contributed by atoms with Gasteiger partial charge in [-0.25, -0.2) is 0 Å². The molecule has 0 amide bonds. The van der Waals surface area contributed by atoms with Gasteiger partial charge in [0.05, 0.1) is 30.7 Å². The third-order valence-corrected chi connectivity index (χ3v) is 3.69. The van der Waals surface area contributed by atoms with Gasteiger partial charge in [-0.3, -0.25) is 9.88 Å². The second kappa shape index (κ2) is 4.92. The molecule has 5 nitrogen and oxygen atoms in total. The highest BCUT2D eigenvalue weighted by Crippen LogP contribution is 2.26. The van der Waals surface area contributed by atoms with Gasteiger partial charge in [0.15, 0.2) is 0 Å². The first kappa shape index (κ1) is 11.5. The van der Waals surface area contributed by atoms with Crippen LogP contribution in [0, 0.1) is 11.3 Å². The minimum absolute atomic E-state index is 0.598. The molecule has 5 heteroatoms. The van der Waals surface area contributed by atoms with E-state index in [2.05, 4.69) is 20.9 Å². The Hall–Kier alpha value is -1.64. The number of hydrogen-bond acceptors (Lipinski definition) is 5. The Morgan fingerprint density at radius 3 is 2.83 bits per heavy atom. The summed E-state index contributed by atoms with van der Waals surface area (Å²) in [6.45, 7) is 5.70. The van der Waals surface area contributed by atoms with Crippen LogP contribution in [0.2, 0.25) is 0 Å². The summed E-state index contributed by atoms with van der Waals surface area (Å²) >= 11 is 0. The van der Waals surface area contributed by atoms with Gasteiger partial charge >= 0.3 is 0 Å². The van der Waals surface area contributed by atoms with Gasteiger partial charge in [0, 0.05) is 38.4 Å². The van der Waals surface area contributed by atoms with Crippen LogP contribution in [0.3, 0.4) is 0 Å². The van der Waals surface area contributed by atoms with E-state index >= 15 is 0 Å². The summed E-state index contributed by atoms with van der Waals surface area (Å²) < 4.78 is 5.36. The summed E-state index contributed by atoms with van der Waals surface area (Å²) in [5, 5.41) is 9.07. The zero-order chi connectivity index (χ0) is 12.4. The van der Waals surface area contributed by atoms with E-state index in [-0.39, 0.29) is 0 Å². The summed E-state index contributed by atoms with van der Waals surface area (Å²) in [5.41, 5.74) is 1.68. The summed E-state index contributed by atoms with van der Waals surface area (Å²) in [7, 11) is 0. The number of aromatic nitrogens is 1. The van der Waals surface area contributed by atoms with Crippen LogP contribution in [0.5, 0.6) is 0 Å². The molecule has 1 aromatic heterocycles. The van der Waals surface area contributed by atoms with E-state index in [1.807, 2.05) is 0 Å². The molecule has 0 unspecified atom stereocenters. The fourth-order valence-corrected chi connectivity index (χ4v) is 2.56. The second-order valence-corrected chi connectivity index (χ2v) is 4.71. The molecule has 0 atom stereocenters. The standard InChI is InChI=1S/C13H16N4O/c14-7-11-1-2-15-8-13(11)17-9-12(10-17)16-3-5-18-6-4-16/h1-2,8,12H,3-6,9-10H2. The molecule has 0 bridgehead atoms. The molecule has 0 spiro atoms. The van der Waals surface area contributed by atoms with E-state index in [9.17, 15) is 0 Å². The number of rotatable bonds is 2. The number of nitrogens with zero attached hydrogens (tertiary/aromatic N) is 4. The van der Waals surface area contributed by atoms with Crippen LogP contribution >= 0.6 is 0 Å². The van der Waals surface area contributed by atoms with E-state index in [4.69, 9.17) is 10.00 Å². The van der Waals surface area contributed by atoms with Crippen molar-refractivity contribution in [3.05, 3.63) is 24.0 Å². The zero-order valence-corrected chi connectivity index (χ0v) is 10.2. The highest BCUT2D eigenvalue weighted by molar-refractivity contribution is 5.59. The van der Waals surface area contributed by atoms with Crippen LogP contribution in [-0.4, -0.2) is 55.3 Å². The van der Waals surface area contributed by atoms with E-state index in [1.54, 1.807) is 18.5 Å². The Bertz CT molecular complexity index is 458. The van der Waals surface area contributed by atoms with Crippen molar-refractivity contribution in [2.24, 2.45) is 0 Å². The van der Waals surface area contributed by atoms with Crippen LogP contribution in [0.25, 0.3) is 0 Å². The predicted molar refractivity (Wildman–Crippen MR) is 67.3 cm³/mol. The van der Waals surface area contributed by atoms with Crippen LogP contribution in [0.15, 0.2) is 18.5 Å². The van der Waals surface area contributed by atoms with Crippen molar-refractivity contribution in [2.75, 3.05) is 44.3 Å².